The molecule has 0 aliphatic carbocycles. The van der Waals surface area contributed by atoms with Crippen molar-refractivity contribution in [1.29, 1.82) is 0 Å². The highest BCUT2D eigenvalue weighted by Crippen LogP contribution is 2.21. The highest BCUT2D eigenvalue weighted by Gasteiger charge is 2.22. The van der Waals surface area contributed by atoms with E-state index in [4.69, 9.17) is 4.74 Å². The number of carbonyl (C=O) groups is 2. The molecule has 2 aromatic carbocycles. The Bertz CT molecular complexity index is 1070. The van der Waals surface area contributed by atoms with E-state index in [1.807, 2.05) is 12.1 Å². The van der Waals surface area contributed by atoms with Gasteiger partial charge in [0.2, 0.25) is 5.95 Å². The largest absolute Gasteiger partial charge is 0.465 e. The quantitative estimate of drug-likeness (QED) is 0.691. The number of carbonyl (C=O) groups excluding carboxylic acids is 2. The number of amides is 1. The Labute approximate surface area is 168 Å². The Kier molecular flexibility index (Phi) is 5.20. The summed E-state index contributed by atoms with van der Waals surface area (Å²) < 4.78 is 4.74. The van der Waals surface area contributed by atoms with Crippen LogP contribution in [0.3, 0.4) is 0 Å². The van der Waals surface area contributed by atoms with Gasteiger partial charge in [0, 0.05) is 25.0 Å². The molecule has 146 valence electrons. The van der Waals surface area contributed by atoms with E-state index in [9.17, 15) is 9.59 Å². The van der Waals surface area contributed by atoms with Crippen LogP contribution >= 0.6 is 0 Å². The number of nitrogens with one attached hydrogen (secondary N) is 1. The second-order valence-electron chi connectivity index (χ2n) is 6.71. The van der Waals surface area contributed by atoms with Crippen LogP contribution in [0.2, 0.25) is 0 Å². The van der Waals surface area contributed by atoms with Gasteiger partial charge in [-0.25, -0.2) is 14.8 Å². The van der Waals surface area contributed by atoms with E-state index < -0.39 is 5.97 Å². The fraction of sp³-hybridized carbons (Fsp3) is 0.182. The summed E-state index contributed by atoms with van der Waals surface area (Å²) >= 11 is 0. The van der Waals surface area contributed by atoms with E-state index in [1.54, 1.807) is 41.4 Å². The Morgan fingerprint density at radius 1 is 1.07 bits per heavy atom. The molecular weight excluding hydrogens is 368 g/mol. The third-order valence-corrected chi connectivity index (χ3v) is 4.83. The van der Waals surface area contributed by atoms with Crippen molar-refractivity contribution < 1.29 is 14.3 Å². The van der Waals surface area contributed by atoms with Crippen molar-refractivity contribution in [3.8, 4) is 0 Å². The molecule has 7 heteroatoms. The van der Waals surface area contributed by atoms with Crippen LogP contribution in [0.1, 0.15) is 32.0 Å². The molecule has 0 bridgehead atoms. The molecule has 1 aromatic heterocycles. The lowest BCUT2D eigenvalue weighted by molar-refractivity contribution is 0.0600. The molecule has 0 unspecified atom stereocenters. The number of esters is 1. The maximum absolute atomic E-state index is 12.9. The number of hydrogen-bond donors (Lipinski definition) is 1. The minimum Gasteiger partial charge on any atom is -0.465 e. The number of ether oxygens (including phenoxy) is 1. The monoisotopic (exact) mass is 388 g/mol. The van der Waals surface area contributed by atoms with Gasteiger partial charge in [-0.15, -0.1) is 0 Å². The lowest BCUT2D eigenvalue weighted by atomic mass is 10.00. The van der Waals surface area contributed by atoms with E-state index in [0.29, 0.717) is 30.0 Å². The number of hydrogen-bond acceptors (Lipinski definition) is 6. The van der Waals surface area contributed by atoms with Crippen molar-refractivity contribution in [2.75, 3.05) is 19.0 Å². The number of aromatic nitrogens is 2. The van der Waals surface area contributed by atoms with Crippen LogP contribution in [0.15, 0.2) is 60.8 Å². The van der Waals surface area contributed by atoms with Crippen LogP contribution in [0, 0.1) is 0 Å². The summed E-state index contributed by atoms with van der Waals surface area (Å²) in [5.41, 5.74) is 3.82. The molecule has 29 heavy (non-hydrogen) atoms. The summed E-state index contributed by atoms with van der Waals surface area (Å²) in [5.74, 6) is -0.271. The predicted molar refractivity (Wildman–Crippen MR) is 108 cm³/mol. The molecule has 2 heterocycles. The number of benzene rings is 2. The number of rotatable bonds is 4. The fourth-order valence-electron chi connectivity index (χ4n) is 3.34. The van der Waals surface area contributed by atoms with Gasteiger partial charge in [-0.05, 0) is 41.8 Å². The van der Waals surface area contributed by atoms with E-state index in [0.717, 1.165) is 6.42 Å². The predicted octanol–water partition coefficient (Wildman–Crippen LogP) is 3.21. The van der Waals surface area contributed by atoms with Crippen LogP contribution in [0.5, 0.6) is 0 Å². The number of anilines is 2. The van der Waals surface area contributed by atoms with Gasteiger partial charge in [-0.2, -0.15) is 0 Å². The third-order valence-electron chi connectivity index (χ3n) is 4.83. The Morgan fingerprint density at radius 3 is 2.72 bits per heavy atom. The van der Waals surface area contributed by atoms with Crippen molar-refractivity contribution >= 4 is 23.5 Å². The van der Waals surface area contributed by atoms with Crippen molar-refractivity contribution in [1.82, 2.24) is 14.9 Å². The van der Waals surface area contributed by atoms with Gasteiger partial charge in [0.25, 0.3) is 5.91 Å². The van der Waals surface area contributed by atoms with Crippen LogP contribution < -0.4 is 5.32 Å². The Hall–Kier alpha value is -3.74. The molecular formula is C22H20N4O3. The molecule has 1 aliphatic rings. The molecule has 0 saturated heterocycles. The first kappa shape index (κ1) is 18.6. The molecule has 7 nitrogen and oxygen atoms in total. The van der Waals surface area contributed by atoms with Crippen LogP contribution in [-0.4, -0.2) is 40.4 Å². The number of methoxy groups -OCH3 is 1. The topological polar surface area (TPSA) is 84.4 Å². The molecule has 1 amide bonds. The molecule has 3 aromatic rings. The van der Waals surface area contributed by atoms with Gasteiger partial charge in [0.05, 0.1) is 12.7 Å². The molecule has 0 spiro atoms. The average Bonchev–Trinajstić information content (AvgIpc) is 2.78. The Morgan fingerprint density at radius 2 is 1.90 bits per heavy atom. The summed E-state index contributed by atoms with van der Waals surface area (Å²) in [6, 6.07) is 16.6. The zero-order valence-corrected chi connectivity index (χ0v) is 16.0. The lowest BCUT2D eigenvalue weighted by Crippen LogP contribution is -2.36. The second-order valence-corrected chi connectivity index (χ2v) is 6.71. The van der Waals surface area contributed by atoms with Gasteiger partial charge in [-0.1, -0.05) is 30.3 Å². The minimum absolute atomic E-state index is 0.131. The molecule has 0 radical (unpaired) electrons. The summed E-state index contributed by atoms with van der Waals surface area (Å²) in [7, 11) is 1.33. The first-order valence-corrected chi connectivity index (χ1v) is 9.28. The molecule has 0 saturated carbocycles. The summed E-state index contributed by atoms with van der Waals surface area (Å²) in [6.45, 7) is 1.23. The van der Waals surface area contributed by atoms with Gasteiger partial charge in [0.1, 0.15) is 5.69 Å². The summed E-state index contributed by atoms with van der Waals surface area (Å²) in [5, 5.41) is 3.04. The molecule has 0 fully saturated rings. The standard InChI is InChI=1S/C22H20N4O3/c1-29-21(28)16-7-4-8-18(13-16)24-22-23-11-9-19(25-22)20(27)26-12-10-15-5-2-3-6-17(15)14-26/h2-9,11,13H,10,12,14H2,1H3,(H,23,24,25). The van der Waals surface area contributed by atoms with Gasteiger partial charge in [-0.3, -0.25) is 4.79 Å². The van der Waals surface area contributed by atoms with Gasteiger partial charge < -0.3 is 15.0 Å². The number of nitrogens with zero attached hydrogens (tertiary/aromatic N) is 3. The van der Waals surface area contributed by atoms with Crippen LogP contribution in [-0.2, 0) is 17.7 Å². The SMILES string of the molecule is COC(=O)c1cccc(Nc2nccc(C(=O)N3CCc4ccccc4C3)n2)c1. The summed E-state index contributed by atoms with van der Waals surface area (Å²) in [4.78, 5) is 35.0. The first-order chi connectivity index (χ1) is 14.1. The number of fused-ring (bicyclic) bond motifs is 1. The molecule has 1 N–H and O–H groups in total. The zero-order valence-electron chi connectivity index (χ0n) is 16.0. The maximum Gasteiger partial charge on any atom is 0.337 e. The minimum atomic E-state index is -0.427. The molecule has 0 atom stereocenters. The molecule has 4 rings (SSSR count). The lowest BCUT2D eigenvalue weighted by Gasteiger charge is -2.28. The third kappa shape index (κ3) is 4.08. The van der Waals surface area contributed by atoms with Crippen LogP contribution in [0.25, 0.3) is 0 Å². The van der Waals surface area contributed by atoms with Gasteiger partial charge >= 0.3 is 5.97 Å². The first-order valence-electron chi connectivity index (χ1n) is 9.28. The summed E-state index contributed by atoms with van der Waals surface area (Å²) in [6.07, 6.45) is 2.38. The second kappa shape index (κ2) is 8.10. The van der Waals surface area contributed by atoms with Crippen molar-refractivity contribution in [2.24, 2.45) is 0 Å². The van der Waals surface area contributed by atoms with E-state index in [-0.39, 0.29) is 11.9 Å². The molecule has 1 aliphatic heterocycles. The van der Waals surface area contributed by atoms with E-state index in [2.05, 4.69) is 27.4 Å². The zero-order chi connectivity index (χ0) is 20.2. The average molecular weight is 388 g/mol. The van der Waals surface area contributed by atoms with Crippen LogP contribution in [0.4, 0.5) is 11.6 Å². The smallest absolute Gasteiger partial charge is 0.337 e. The Balaban J connectivity index is 1.51. The van der Waals surface area contributed by atoms with E-state index >= 15 is 0 Å². The fourth-order valence-corrected chi connectivity index (χ4v) is 3.34. The van der Waals surface area contributed by atoms with Gasteiger partial charge in [0.15, 0.2) is 0 Å². The highest BCUT2D eigenvalue weighted by molar-refractivity contribution is 5.93. The van der Waals surface area contributed by atoms with Crippen molar-refractivity contribution in [2.45, 2.75) is 13.0 Å². The highest BCUT2D eigenvalue weighted by atomic mass is 16.5. The van der Waals surface area contributed by atoms with Crippen molar-refractivity contribution in [3.05, 3.63) is 83.2 Å². The maximum atomic E-state index is 12.9. The van der Waals surface area contributed by atoms with Crippen molar-refractivity contribution in [3.63, 3.8) is 0 Å². The van der Waals surface area contributed by atoms with E-state index in [1.165, 1.54) is 18.2 Å². The normalized spacial score (nSPS) is 12.8.